The van der Waals surface area contributed by atoms with E-state index < -0.39 is 22.7 Å². The van der Waals surface area contributed by atoms with Crippen LogP contribution in [-0.4, -0.2) is 23.6 Å². The highest BCUT2D eigenvalue weighted by Gasteiger charge is 2.83. The van der Waals surface area contributed by atoms with E-state index in [-0.39, 0.29) is 23.6 Å². The Hall–Kier alpha value is -1.92. The van der Waals surface area contributed by atoms with E-state index in [0.29, 0.717) is 6.42 Å². The number of hydrogen-bond acceptors (Lipinski definition) is 5. The molecule has 1 N–H and O–H groups in total. The van der Waals surface area contributed by atoms with Crippen LogP contribution in [-0.2, 0) is 9.47 Å². The number of ether oxygens (including phenoxy) is 2. The summed E-state index contributed by atoms with van der Waals surface area (Å²) in [5, 5.41) is 28.5. The standard InChI is InChI=1S/C16H18N4O2/c1-9(2)11-15(8-18)13-20-12(19)14(15,7-17)10-5-3-4-6-16(10,21-11)22-13/h9-11,19H,3-6H2,1-2H3/t10-,11+,14-,15+,16+/m0/s1. The fourth-order valence-electron chi connectivity index (χ4n) is 4.99. The van der Waals surface area contributed by atoms with E-state index in [1.807, 2.05) is 13.8 Å². The van der Waals surface area contributed by atoms with E-state index in [0.717, 1.165) is 19.3 Å². The summed E-state index contributed by atoms with van der Waals surface area (Å²) in [6, 6.07) is 4.65. The van der Waals surface area contributed by atoms with Gasteiger partial charge in [0.15, 0.2) is 10.8 Å². The third-order valence-corrected chi connectivity index (χ3v) is 5.85. The highest BCUT2D eigenvalue weighted by Crippen LogP contribution is 2.69. The summed E-state index contributed by atoms with van der Waals surface area (Å²) in [5.41, 5.74) is -2.51. The van der Waals surface area contributed by atoms with Crippen LogP contribution in [0.3, 0.4) is 0 Å². The summed E-state index contributed by atoms with van der Waals surface area (Å²) in [6.45, 7) is 3.96. The van der Waals surface area contributed by atoms with Gasteiger partial charge in [-0.15, -0.1) is 0 Å². The van der Waals surface area contributed by atoms with Gasteiger partial charge in [-0.25, -0.2) is 0 Å². The molecule has 5 aliphatic rings. The Morgan fingerprint density at radius 2 is 2.00 bits per heavy atom. The Morgan fingerprint density at radius 3 is 2.64 bits per heavy atom. The van der Waals surface area contributed by atoms with Crippen LogP contribution in [0, 0.1) is 50.7 Å². The molecule has 4 aliphatic heterocycles. The number of amidine groups is 1. The molecule has 3 saturated heterocycles. The van der Waals surface area contributed by atoms with Gasteiger partial charge in [-0.1, -0.05) is 20.3 Å². The van der Waals surface area contributed by atoms with Gasteiger partial charge in [0, 0.05) is 6.42 Å². The molecule has 4 fully saturated rings. The molecule has 1 spiro atoms. The van der Waals surface area contributed by atoms with Crippen molar-refractivity contribution in [3.8, 4) is 12.1 Å². The van der Waals surface area contributed by atoms with Crippen LogP contribution in [0.2, 0.25) is 0 Å². The average molecular weight is 298 g/mol. The molecular formula is C16H18N4O2. The van der Waals surface area contributed by atoms with Gasteiger partial charge in [-0.2, -0.15) is 15.5 Å². The van der Waals surface area contributed by atoms with E-state index in [1.54, 1.807) is 0 Å². The maximum absolute atomic E-state index is 10.1. The smallest absolute Gasteiger partial charge is 0.218 e. The van der Waals surface area contributed by atoms with Crippen molar-refractivity contribution in [2.75, 3.05) is 0 Å². The van der Waals surface area contributed by atoms with E-state index in [2.05, 4.69) is 17.1 Å². The van der Waals surface area contributed by atoms with Crippen LogP contribution in [0.25, 0.3) is 0 Å². The van der Waals surface area contributed by atoms with Crippen molar-refractivity contribution in [3.05, 3.63) is 0 Å². The summed E-state index contributed by atoms with van der Waals surface area (Å²) in [5.74, 6) is -0.926. The van der Waals surface area contributed by atoms with Crippen molar-refractivity contribution in [1.82, 2.24) is 0 Å². The number of rotatable bonds is 1. The van der Waals surface area contributed by atoms with Crippen molar-refractivity contribution < 1.29 is 9.47 Å². The Balaban J connectivity index is 2.04. The first-order valence-electron chi connectivity index (χ1n) is 7.86. The number of nitriles is 2. The second-order valence-electron chi connectivity index (χ2n) is 7.10. The molecule has 1 saturated carbocycles. The van der Waals surface area contributed by atoms with Crippen LogP contribution in [0.5, 0.6) is 0 Å². The Kier molecular flexibility index (Phi) is 2.42. The average Bonchev–Trinajstić information content (AvgIpc) is 2.70. The summed E-state index contributed by atoms with van der Waals surface area (Å²) in [7, 11) is 0. The van der Waals surface area contributed by atoms with Crippen LogP contribution in [0.4, 0.5) is 0 Å². The van der Waals surface area contributed by atoms with E-state index in [9.17, 15) is 10.5 Å². The van der Waals surface area contributed by atoms with Gasteiger partial charge in [0.25, 0.3) is 0 Å². The minimum absolute atomic E-state index is 0.0192. The zero-order valence-electron chi connectivity index (χ0n) is 12.7. The minimum Gasteiger partial charge on any atom is -0.447 e. The zero-order chi connectivity index (χ0) is 15.8. The van der Waals surface area contributed by atoms with Crippen LogP contribution in [0.15, 0.2) is 4.99 Å². The molecular weight excluding hydrogens is 280 g/mol. The van der Waals surface area contributed by atoms with Crippen molar-refractivity contribution in [2.24, 2.45) is 27.7 Å². The Labute approximate surface area is 129 Å². The molecule has 114 valence electrons. The molecule has 4 heterocycles. The Morgan fingerprint density at radius 1 is 1.27 bits per heavy atom. The quantitative estimate of drug-likeness (QED) is 0.802. The van der Waals surface area contributed by atoms with Gasteiger partial charge < -0.3 is 9.47 Å². The van der Waals surface area contributed by atoms with Gasteiger partial charge >= 0.3 is 0 Å². The molecule has 0 amide bonds. The van der Waals surface area contributed by atoms with Gasteiger partial charge in [-0.3, -0.25) is 5.41 Å². The number of hydrogen-bond donors (Lipinski definition) is 1. The van der Waals surface area contributed by atoms with Gasteiger partial charge in [0.2, 0.25) is 11.7 Å². The number of nitrogens with one attached hydrogen (secondary N) is 1. The lowest BCUT2D eigenvalue weighted by Gasteiger charge is -2.63. The van der Waals surface area contributed by atoms with Crippen LogP contribution < -0.4 is 0 Å². The van der Waals surface area contributed by atoms with E-state index in [1.165, 1.54) is 0 Å². The van der Waals surface area contributed by atoms with Crippen molar-refractivity contribution in [2.45, 2.75) is 51.4 Å². The predicted octanol–water partition coefficient (Wildman–Crippen LogP) is 2.37. The summed E-state index contributed by atoms with van der Waals surface area (Å²) in [6.07, 6.45) is 2.87. The Bertz CT molecular complexity index is 687. The topological polar surface area (TPSA) is 102 Å². The highest BCUT2D eigenvalue weighted by molar-refractivity contribution is 6.12. The van der Waals surface area contributed by atoms with Crippen LogP contribution in [0.1, 0.15) is 39.5 Å². The molecule has 0 radical (unpaired) electrons. The largest absolute Gasteiger partial charge is 0.447 e. The molecule has 5 rings (SSSR count). The molecule has 4 bridgehead atoms. The number of aliphatic imine (C=N–C) groups is 1. The minimum atomic E-state index is -1.28. The van der Waals surface area contributed by atoms with Crippen molar-refractivity contribution in [1.29, 1.82) is 15.9 Å². The number of nitrogens with zero attached hydrogens (tertiary/aromatic N) is 3. The summed E-state index contributed by atoms with van der Waals surface area (Å²) >= 11 is 0. The summed E-state index contributed by atoms with van der Waals surface area (Å²) in [4.78, 5) is 4.22. The van der Waals surface area contributed by atoms with Crippen LogP contribution >= 0.6 is 0 Å². The van der Waals surface area contributed by atoms with Gasteiger partial charge in [-0.05, 0) is 18.8 Å². The number of fused-ring (bicyclic) bond motifs is 1. The van der Waals surface area contributed by atoms with Crippen molar-refractivity contribution >= 4 is 11.7 Å². The van der Waals surface area contributed by atoms with Gasteiger partial charge in [0.1, 0.15) is 5.84 Å². The normalized spacial score (nSPS) is 48.2. The lowest BCUT2D eigenvalue weighted by molar-refractivity contribution is -0.358. The molecule has 6 heteroatoms. The highest BCUT2D eigenvalue weighted by atomic mass is 16.7. The molecule has 0 aromatic heterocycles. The third kappa shape index (κ3) is 1.11. The molecule has 1 aliphatic carbocycles. The molecule has 22 heavy (non-hydrogen) atoms. The maximum atomic E-state index is 10.1. The first-order valence-corrected chi connectivity index (χ1v) is 7.86. The third-order valence-electron chi connectivity index (χ3n) is 5.85. The lowest BCUT2D eigenvalue weighted by atomic mass is 9.48. The fourth-order valence-corrected chi connectivity index (χ4v) is 4.99. The molecule has 0 unspecified atom stereocenters. The molecule has 5 atom stereocenters. The monoisotopic (exact) mass is 298 g/mol. The fraction of sp³-hybridized carbons (Fsp3) is 0.750. The molecule has 0 aromatic rings. The first kappa shape index (κ1) is 13.7. The van der Waals surface area contributed by atoms with Gasteiger partial charge in [0.05, 0.1) is 24.2 Å². The molecule has 0 aromatic carbocycles. The van der Waals surface area contributed by atoms with Crippen molar-refractivity contribution in [3.63, 3.8) is 0 Å². The zero-order valence-corrected chi connectivity index (χ0v) is 12.7. The second kappa shape index (κ2) is 3.88. The van der Waals surface area contributed by atoms with E-state index in [4.69, 9.17) is 14.9 Å². The van der Waals surface area contributed by atoms with E-state index >= 15 is 0 Å². The predicted molar refractivity (Wildman–Crippen MR) is 76.7 cm³/mol. The lowest BCUT2D eigenvalue weighted by Crippen LogP contribution is -2.76. The SMILES string of the molecule is CC(C)[C@H]1O[C@@]23CCCC[C@H]2[C@@]2(C#N)C(=N)N=C(O3)[C@@]12C#N. The first-order chi connectivity index (χ1) is 10.5. The maximum Gasteiger partial charge on any atom is 0.218 e. The second-order valence-corrected chi connectivity index (χ2v) is 7.10. The summed E-state index contributed by atoms with van der Waals surface area (Å²) < 4.78 is 12.4. The molecule has 6 nitrogen and oxygen atoms in total.